The minimum atomic E-state index is -1.20. The van der Waals surface area contributed by atoms with E-state index in [1.807, 2.05) is 6.92 Å². The van der Waals surface area contributed by atoms with Gasteiger partial charge in [-0.25, -0.2) is 4.79 Å². The van der Waals surface area contributed by atoms with Gasteiger partial charge >= 0.3 is 5.97 Å². The average Bonchev–Trinajstić information content (AvgIpc) is 3.22. The molecule has 4 rings (SSSR count). The van der Waals surface area contributed by atoms with Crippen molar-refractivity contribution in [3.63, 3.8) is 0 Å². The number of carboxylic acids is 1. The predicted octanol–water partition coefficient (Wildman–Crippen LogP) is 3.91. The number of unbranched alkanes of at least 4 members (excludes halogenated alkanes) is 1. The minimum absolute atomic E-state index is 0.0469. The van der Waals surface area contributed by atoms with Gasteiger partial charge in [-0.3, -0.25) is 14.4 Å². The number of hydrogen-bond acceptors (Lipinski definition) is 7. The van der Waals surface area contributed by atoms with Crippen LogP contribution < -0.4 is 10.6 Å². The van der Waals surface area contributed by atoms with Gasteiger partial charge in [-0.2, -0.15) is 0 Å². The van der Waals surface area contributed by atoms with Crippen LogP contribution in [0.5, 0.6) is 0 Å². The molecule has 0 bridgehead atoms. The fourth-order valence-electron chi connectivity index (χ4n) is 8.72. The molecule has 4 aliphatic carbocycles. The lowest BCUT2D eigenvalue weighted by atomic mass is 9.46. The van der Waals surface area contributed by atoms with E-state index in [1.54, 1.807) is 6.92 Å². The Hall–Kier alpha value is -2.75. The molecule has 8 atom stereocenters. The average molecular weight is 588 g/mol. The Kier molecular flexibility index (Phi) is 9.55. The molecule has 0 aliphatic heterocycles. The van der Waals surface area contributed by atoms with E-state index in [4.69, 9.17) is 4.84 Å². The van der Waals surface area contributed by atoms with Gasteiger partial charge in [0.1, 0.15) is 17.7 Å². The van der Waals surface area contributed by atoms with Crippen molar-refractivity contribution in [2.45, 2.75) is 123 Å². The Bertz CT molecular complexity index is 1150. The van der Waals surface area contributed by atoms with E-state index in [1.165, 1.54) is 12.5 Å². The van der Waals surface area contributed by atoms with Crippen LogP contribution in [0.2, 0.25) is 0 Å². The van der Waals surface area contributed by atoms with Gasteiger partial charge in [-0.15, -0.1) is 0 Å². The van der Waals surface area contributed by atoms with Gasteiger partial charge in [-0.1, -0.05) is 44.3 Å². The van der Waals surface area contributed by atoms with E-state index in [9.17, 15) is 29.4 Å². The molecule has 3 fully saturated rings. The highest BCUT2D eigenvalue weighted by molar-refractivity contribution is 5.96. The van der Waals surface area contributed by atoms with Gasteiger partial charge in [0, 0.05) is 5.41 Å². The molecule has 3 saturated carbocycles. The quantitative estimate of drug-likeness (QED) is 0.267. The lowest BCUT2D eigenvalue weighted by Gasteiger charge is -2.59. The summed E-state index contributed by atoms with van der Waals surface area (Å²) in [5.74, 6) is -0.895. The summed E-state index contributed by atoms with van der Waals surface area (Å²) in [6.45, 7) is 9.14. The number of carbonyl (C=O) groups is 4. The van der Waals surface area contributed by atoms with Crippen molar-refractivity contribution in [1.82, 2.24) is 10.6 Å². The number of hydrogen-bond donors (Lipinski definition) is 4. The third-order valence-corrected chi connectivity index (χ3v) is 11.3. The molecule has 0 radical (unpaired) electrons. The second kappa shape index (κ2) is 12.5. The zero-order valence-electron chi connectivity index (χ0n) is 25.8. The van der Waals surface area contributed by atoms with Crippen LogP contribution in [0.25, 0.3) is 0 Å². The summed E-state index contributed by atoms with van der Waals surface area (Å²) < 4.78 is 0. The largest absolute Gasteiger partial charge is 0.480 e. The fraction of sp³-hybridized carbons (Fsp3) is 0.781. The second-order valence-corrected chi connectivity index (χ2v) is 13.6. The van der Waals surface area contributed by atoms with Crippen LogP contribution in [0.3, 0.4) is 0 Å². The molecule has 0 unspecified atom stereocenters. The van der Waals surface area contributed by atoms with Crippen molar-refractivity contribution in [2.24, 2.45) is 33.7 Å². The number of carbonyl (C=O) groups excluding carboxylic acids is 3. The first kappa shape index (κ1) is 32.2. The molecule has 0 heterocycles. The maximum absolute atomic E-state index is 12.5. The summed E-state index contributed by atoms with van der Waals surface area (Å²) in [5.41, 5.74) is 0.662. The molecular formula is C32H49N3O7. The molecule has 42 heavy (non-hydrogen) atoms. The minimum Gasteiger partial charge on any atom is -0.480 e. The maximum Gasteiger partial charge on any atom is 0.326 e. The van der Waals surface area contributed by atoms with Crippen LogP contribution in [0.15, 0.2) is 16.8 Å². The SMILES string of the molecule is CCCC[C@@H](NC(=O)[C@H](C)NC(=O)CO/N=C1/C=C2CC[C@@H]3[C@H](CC[C@@]4(C)[C@H]3CC[C@]4(O)C(C)=O)[C@@]2(C)CC1)C(=O)O. The van der Waals surface area contributed by atoms with Gasteiger partial charge in [-0.05, 0) is 101 Å². The molecule has 10 nitrogen and oxygen atoms in total. The summed E-state index contributed by atoms with van der Waals surface area (Å²) in [5, 5.41) is 29.9. The number of nitrogens with one attached hydrogen (secondary N) is 2. The monoisotopic (exact) mass is 587 g/mol. The third kappa shape index (κ3) is 5.88. The first-order valence-electron chi connectivity index (χ1n) is 15.7. The van der Waals surface area contributed by atoms with Crippen LogP contribution in [0.1, 0.15) is 105 Å². The number of oxime groups is 1. The summed E-state index contributed by atoms with van der Waals surface area (Å²) in [6, 6.07) is -1.90. The smallest absolute Gasteiger partial charge is 0.326 e. The number of aliphatic carboxylic acids is 1. The molecule has 4 aliphatic rings. The van der Waals surface area contributed by atoms with E-state index in [0.717, 1.165) is 57.1 Å². The predicted molar refractivity (Wildman–Crippen MR) is 157 cm³/mol. The van der Waals surface area contributed by atoms with Crippen LogP contribution in [0, 0.1) is 28.6 Å². The number of Topliss-reactive ketones (excluding diaryl/α,β-unsaturated/α-hetero) is 1. The van der Waals surface area contributed by atoms with Gasteiger partial charge in [0.15, 0.2) is 12.4 Å². The Morgan fingerprint density at radius 2 is 1.79 bits per heavy atom. The number of allylic oxidation sites excluding steroid dienone is 2. The summed E-state index contributed by atoms with van der Waals surface area (Å²) in [7, 11) is 0. The van der Waals surface area contributed by atoms with Crippen molar-refractivity contribution in [1.29, 1.82) is 0 Å². The van der Waals surface area contributed by atoms with Crippen LogP contribution in [0.4, 0.5) is 0 Å². The molecule has 0 saturated heterocycles. The Labute approximate surface area is 249 Å². The van der Waals surface area contributed by atoms with Crippen LogP contribution >= 0.6 is 0 Å². The number of carboxylic acid groups (broad SMARTS) is 1. The summed E-state index contributed by atoms with van der Waals surface area (Å²) >= 11 is 0. The highest BCUT2D eigenvalue weighted by atomic mass is 16.6. The number of fused-ring (bicyclic) bond motifs is 5. The van der Waals surface area contributed by atoms with Gasteiger partial charge in [0.25, 0.3) is 5.91 Å². The standard InChI is InChI=1S/C32H49N3O7/c1-6-7-8-26(29(39)40)34-28(38)19(2)33-27(37)18-42-35-22-11-14-30(4)21(17-22)9-10-23-24(30)12-15-31(5)25(23)13-16-32(31,41)20(3)36/h17,19,23-26,41H,6-16,18H2,1-5H3,(H,33,37)(H,34,38)(H,39,40)/b35-22+/t19-,23+,24-,25-,26+,30-,31-,32-/m0/s1. The Morgan fingerprint density at radius 1 is 1.07 bits per heavy atom. The van der Waals surface area contributed by atoms with Crippen molar-refractivity contribution in [3.05, 3.63) is 11.6 Å². The van der Waals surface area contributed by atoms with Crippen LogP contribution in [-0.4, -0.2) is 63.8 Å². The molecule has 234 valence electrons. The molecule has 4 N–H and O–H groups in total. The van der Waals surface area contributed by atoms with E-state index in [-0.39, 0.29) is 23.2 Å². The maximum atomic E-state index is 12.5. The molecule has 10 heteroatoms. The normalized spacial score (nSPS) is 36.0. The van der Waals surface area contributed by atoms with E-state index in [0.29, 0.717) is 37.0 Å². The van der Waals surface area contributed by atoms with E-state index >= 15 is 0 Å². The molecule has 0 spiro atoms. The topological polar surface area (TPSA) is 154 Å². The van der Waals surface area contributed by atoms with Crippen LogP contribution in [-0.2, 0) is 24.0 Å². The zero-order valence-corrected chi connectivity index (χ0v) is 25.8. The first-order valence-corrected chi connectivity index (χ1v) is 15.7. The van der Waals surface area contributed by atoms with Crippen molar-refractivity contribution in [2.75, 3.05) is 6.61 Å². The summed E-state index contributed by atoms with van der Waals surface area (Å²) in [4.78, 5) is 54.0. The number of aliphatic hydroxyl groups is 1. The Morgan fingerprint density at radius 3 is 2.45 bits per heavy atom. The van der Waals surface area contributed by atoms with E-state index < -0.39 is 35.5 Å². The second-order valence-electron chi connectivity index (χ2n) is 13.6. The molecule has 0 aromatic rings. The molecule has 0 aromatic heterocycles. The molecule has 2 amide bonds. The zero-order chi connectivity index (χ0) is 30.9. The lowest BCUT2D eigenvalue weighted by Crippen LogP contribution is -2.57. The number of ketones is 1. The van der Waals surface area contributed by atoms with Crippen molar-refractivity contribution < 1.29 is 34.2 Å². The third-order valence-electron chi connectivity index (χ3n) is 11.3. The number of nitrogens with zero attached hydrogens (tertiary/aromatic N) is 1. The van der Waals surface area contributed by atoms with Gasteiger partial charge < -0.3 is 25.7 Å². The van der Waals surface area contributed by atoms with Gasteiger partial charge in [0.05, 0.1) is 5.71 Å². The molecular weight excluding hydrogens is 538 g/mol. The van der Waals surface area contributed by atoms with Crippen molar-refractivity contribution in [3.8, 4) is 0 Å². The van der Waals surface area contributed by atoms with Gasteiger partial charge in [0.2, 0.25) is 5.91 Å². The first-order chi connectivity index (χ1) is 19.8. The number of amides is 2. The molecule has 0 aromatic carbocycles. The highest BCUT2D eigenvalue weighted by Crippen LogP contribution is 2.67. The number of rotatable bonds is 11. The van der Waals surface area contributed by atoms with Crippen molar-refractivity contribution >= 4 is 29.3 Å². The lowest BCUT2D eigenvalue weighted by molar-refractivity contribution is -0.159. The van der Waals surface area contributed by atoms with E-state index in [2.05, 4.69) is 35.7 Å². The fourth-order valence-corrected chi connectivity index (χ4v) is 8.72. The summed E-state index contributed by atoms with van der Waals surface area (Å²) in [6.07, 6.45) is 11.0. The highest BCUT2D eigenvalue weighted by Gasteiger charge is 2.65. The Balaban J connectivity index is 1.32.